The van der Waals surface area contributed by atoms with E-state index in [0.29, 0.717) is 12.1 Å². The van der Waals surface area contributed by atoms with Gasteiger partial charge in [0.15, 0.2) is 0 Å². The lowest BCUT2D eigenvalue weighted by atomic mass is 10.0. The minimum absolute atomic E-state index is 0.0795. The van der Waals surface area contributed by atoms with Crippen molar-refractivity contribution < 1.29 is 4.79 Å². The Balaban J connectivity index is 1.94. The Morgan fingerprint density at radius 3 is 2.77 bits per heavy atom. The van der Waals surface area contributed by atoms with Crippen LogP contribution in [0, 0.1) is 0 Å². The Morgan fingerprint density at radius 1 is 1.14 bits per heavy atom. The molecular formula is C18H19N3O. The van der Waals surface area contributed by atoms with Crippen LogP contribution in [-0.2, 0) is 0 Å². The smallest absolute Gasteiger partial charge is 0.252 e. The van der Waals surface area contributed by atoms with Gasteiger partial charge in [-0.2, -0.15) is 0 Å². The van der Waals surface area contributed by atoms with Crippen molar-refractivity contribution in [3.8, 4) is 0 Å². The number of nitrogens with one attached hydrogen (secondary N) is 1. The van der Waals surface area contributed by atoms with Crippen LogP contribution in [0.25, 0.3) is 21.7 Å². The third-order valence-electron chi connectivity index (χ3n) is 3.70. The highest BCUT2D eigenvalue weighted by molar-refractivity contribution is 6.08. The first-order chi connectivity index (χ1) is 10.6. The fourth-order valence-corrected chi connectivity index (χ4v) is 2.50. The summed E-state index contributed by atoms with van der Waals surface area (Å²) in [6.45, 7) is 1.44. The molecule has 22 heavy (non-hydrogen) atoms. The van der Waals surface area contributed by atoms with Gasteiger partial charge in [-0.3, -0.25) is 9.78 Å². The summed E-state index contributed by atoms with van der Waals surface area (Å²) >= 11 is 0. The summed E-state index contributed by atoms with van der Waals surface area (Å²) in [7, 11) is 3.96. The minimum Gasteiger partial charge on any atom is -0.351 e. The molecule has 1 heterocycles. The summed E-state index contributed by atoms with van der Waals surface area (Å²) in [5.41, 5.74) is 1.51. The quantitative estimate of drug-likeness (QED) is 0.752. The number of hydrogen-bond donors (Lipinski definition) is 1. The number of likely N-dealkylation sites (N-methyl/N-ethyl adjacent to an activating group) is 1. The molecule has 0 bridgehead atoms. The molecule has 0 fully saturated rings. The fourth-order valence-electron chi connectivity index (χ4n) is 2.50. The molecule has 0 saturated heterocycles. The highest BCUT2D eigenvalue weighted by Gasteiger charge is 2.08. The van der Waals surface area contributed by atoms with Crippen LogP contribution in [0.2, 0.25) is 0 Å². The number of aromatic nitrogens is 1. The van der Waals surface area contributed by atoms with Crippen molar-refractivity contribution in [2.24, 2.45) is 0 Å². The number of amides is 1. The van der Waals surface area contributed by atoms with E-state index in [4.69, 9.17) is 0 Å². The Labute approximate surface area is 129 Å². The summed E-state index contributed by atoms with van der Waals surface area (Å²) in [5, 5.41) is 6.21. The van der Waals surface area contributed by atoms with E-state index in [1.807, 2.05) is 43.3 Å². The van der Waals surface area contributed by atoms with Gasteiger partial charge in [-0.1, -0.05) is 30.3 Å². The third-order valence-corrected chi connectivity index (χ3v) is 3.70. The summed E-state index contributed by atoms with van der Waals surface area (Å²) in [4.78, 5) is 18.7. The van der Waals surface area contributed by atoms with E-state index in [1.165, 1.54) is 0 Å². The zero-order chi connectivity index (χ0) is 15.5. The number of rotatable bonds is 4. The van der Waals surface area contributed by atoms with Crippen LogP contribution in [0.1, 0.15) is 10.4 Å². The second kappa shape index (κ2) is 6.12. The van der Waals surface area contributed by atoms with E-state index >= 15 is 0 Å². The second-order valence-corrected chi connectivity index (χ2v) is 5.64. The molecule has 0 saturated carbocycles. The van der Waals surface area contributed by atoms with Crippen LogP contribution in [-0.4, -0.2) is 43.0 Å². The first-order valence-electron chi connectivity index (χ1n) is 7.35. The van der Waals surface area contributed by atoms with Gasteiger partial charge in [0.2, 0.25) is 0 Å². The van der Waals surface area contributed by atoms with Gasteiger partial charge < -0.3 is 10.2 Å². The highest BCUT2D eigenvalue weighted by Crippen LogP contribution is 2.24. The number of carbonyl (C=O) groups excluding carboxylic acids is 1. The van der Waals surface area contributed by atoms with Gasteiger partial charge in [0, 0.05) is 24.7 Å². The lowest BCUT2D eigenvalue weighted by Gasteiger charge is -2.11. The van der Waals surface area contributed by atoms with E-state index in [0.717, 1.165) is 28.2 Å². The zero-order valence-electron chi connectivity index (χ0n) is 12.8. The molecule has 1 N–H and O–H groups in total. The molecule has 3 rings (SSSR count). The summed E-state index contributed by atoms with van der Waals surface area (Å²) in [5.74, 6) is -0.0795. The van der Waals surface area contributed by atoms with Gasteiger partial charge in [-0.05, 0) is 37.0 Å². The van der Waals surface area contributed by atoms with Gasteiger partial charge in [0.25, 0.3) is 5.91 Å². The maximum Gasteiger partial charge on any atom is 0.252 e. The molecule has 2 aromatic carbocycles. The van der Waals surface area contributed by atoms with Gasteiger partial charge in [0.05, 0.1) is 11.1 Å². The first-order valence-corrected chi connectivity index (χ1v) is 7.35. The number of hydrogen-bond acceptors (Lipinski definition) is 3. The Bertz CT molecular complexity index is 827. The molecule has 0 spiro atoms. The number of benzene rings is 2. The zero-order valence-corrected chi connectivity index (χ0v) is 12.8. The van der Waals surface area contributed by atoms with Crippen molar-refractivity contribution >= 4 is 27.6 Å². The molecule has 3 aromatic rings. The van der Waals surface area contributed by atoms with Crippen LogP contribution in [0.3, 0.4) is 0 Å². The number of carbonyl (C=O) groups is 1. The van der Waals surface area contributed by atoms with Crippen LogP contribution < -0.4 is 5.32 Å². The second-order valence-electron chi connectivity index (χ2n) is 5.64. The molecule has 4 heteroatoms. The topological polar surface area (TPSA) is 45.2 Å². The number of fused-ring (bicyclic) bond motifs is 3. The standard InChI is InChI=1S/C18H19N3O/c1-21(2)10-9-19-18(22)14-11-16-15-6-4-3-5-13(15)7-8-17(16)20-12-14/h3-8,11-12H,9-10H2,1-2H3,(H,19,22). The number of nitrogens with zero attached hydrogens (tertiary/aromatic N) is 2. The van der Waals surface area contributed by atoms with Crippen LogP contribution in [0.5, 0.6) is 0 Å². The van der Waals surface area contributed by atoms with Crippen molar-refractivity contribution in [1.29, 1.82) is 0 Å². The van der Waals surface area contributed by atoms with Gasteiger partial charge in [0.1, 0.15) is 0 Å². The summed E-state index contributed by atoms with van der Waals surface area (Å²) in [6, 6.07) is 14.1. The van der Waals surface area contributed by atoms with E-state index in [-0.39, 0.29) is 5.91 Å². The highest BCUT2D eigenvalue weighted by atomic mass is 16.1. The summed E-state index contributed by atoms with van der Waals surface area (Å²) < 4.78 is 0. The molecule has 4 nitrogen and oxygen atoms in total. The Hall–Kier alpha value is -2.46. The lowest BCUT2D eigenvalue weighted by molar-refractivity contribution is 0.0951. The predicted molar refractivity (Wildman–Crippen MR) is 90.1 cm³/mol. The first kappa shape index (κ1) is 14.5. The maximum atomic E-state index is 12.2. The summed E-state index contributed by atoms with van der Waals surface area (Å²) in [6.07, 6.45) is 1.64. The van der Waals surface area contributed by atoms with Crippen LogP contribution in [0.15, 0.2) is 48.7 Å². The Morgan fingerprint density at radius 2 is 1.95 bits per heavy atom. The molecule has 0 radical (unpaired) electrons. The monoisotopic (exact) mass is 293 g/mol. The van der Waals surface area contributed by atoms with E-state index in [9.17, 15) is 4.79 Å². The van der Waals surface area contributed by atoms with E-state index in [1.54, 1.807) is 6.20 Å². The minimum atomic E-state index is -0.0795. The average Bonchev–Trinajstić information content (AvgIpc) is 2.53. The average molecular weight is 293 g/mol. The SMILES string of the molecule is CN(C)CCNC(=O)c1cnc2ccc3ccccc3c2c1. The molecule has 1 aromatic heterocycles. The van der Waals surface area contributed by atoms with Gasteiger partial charge >= 0.3 is 0 Å². The lowest BCUT2D eigenvalue weighted by Crippen LogP contribution is -2.31. The van der Waals surface area contributed by atoms with Crippen molar-refractivity contribution in [3.63, 3.8) is 0 Å². The Kier molecular flexibility index (Phi) is 4.02. The predicted octanol–water partition coefficient (Wildman–Crippen LogP) is 2.68. The molecule has 0 aliphatic rings. The van der Waals surface area contributed by atoms with Crippen molar-refractivity contribution in [2.75, 3.05) is 27.2 Å². The number of pyridine rings is 1. The van der Waals surface area contributed by atoms with Crippen LogP contribution >= 0.6 is 0 Å². The third kappa shape index (κ3) is 2.92. The normalized spacial score (nSPS) is 11.2. The van der Waals surface area contributed by atoms with Crippen molar-refractivity contribution in [2.45, 2.75) is 0 Å². The largest absolute Gasteiger partial charge is 0.351 e. The molecule has 0 atom stereocenters. The molecule has 112 valence electrons. The molecule has 0 unspecified atom stereocenters. The molecule has 0 aliphatic heterocycles. The molecule has 1 amide bonds. The van der Waals surface area contributed by atoms with Crippen molar-refractivity contribution in [3.05, 3.63) is 54.2 Å². The molecule has 0 aliphatic carbocycles. The maximum absolute atomic E-state index is 12.2. The molecular weight excluding hydrogens is 274 g/mol. The fraction of sp³-hybridized carbons (Fsp3) is 0.222. The van der Waals surface area contributed by atoms with E-state index in [2.05, 4.69) is 28.5 Å². The van der Waals surface area contributed by atoms with Gasteiger partial charge in [-0.25, -0.2) is 0 Å². The van der Waals surface area contributed by atoms with Crippen LogP contribution in [0.4, 0.5) is 0 Å². The van der Waals surface area contributed by atoms with Gasteiger partial charge in [-0.15, -0.1) is 0 Å². The van der Waals surface area contributed by atoms with Crippen molar-refractivity contribution in [1.82, 2.24) is 15.2 Å². The van der Waals surface area contributed by atoms with E-state index < -0.39 is 0 Å².